The number of unbranched alkanes of at least 4 members (excludes halogenated alkanes) is 8. The molecule has 1 fully saturated rings. The molecule has 1 rings (SSSR count). The topological polar surface area (TPSA) is 40.7 Å². The van der Waals surface area contributed by atoms with E-state index in [2.05, 4.69) is 6.92 Å². The van der Waals surface area contributed by atoms with E-state index >= 15 is 0 Å². The summed E-state index contributed by atoms with van der Waals surface area (Å²) in [4.78, 5) is 0. The van der Waals surface area contributed by atoms with Crippen molar-refractivity contribution in [1.82, 2.24) is 0 Å². The molecular weight excluding hydrogens is 331 g/mol. The fraction of sp³-hybridized carbons (Fsp3) is 1.00. The third-order valence-electron chi connectivity index (χ3n) is 3.72. The van der Waals surface area contributed by atoms with Crippen molar-refractivity contribution >= 4 is 20.2 Å². The Kier molecular flexibility index (Phi) is 14.7. The van der Waals surface area contributed by atoms with E-state index in [9.17, 15) is 0 Å². The molecule has 2 N–H and O–H groups in total. The first kappa shape index (κ1) is 18.7. The van der Waals surface area contributed by atoms with Crippen LogP contribution in [0.5, 0.6) is 0 Å². The summed E-state index contributed by atoms with van der Waals surface area (Å²) in [6, 6.07) is 0. The first-order chi connectivity index (χ1) is 8.43. The molecule has 0 aromatic heterocycles. The Balaban J connectivity index is 0.00000289. The predicted molar refractivity (Wildman–Crippen MR) is 81.4 cm³/mol. The van der Waals surface area contributed by atoms with Crippen LogP contribution in [0.4, 0.5) is 0 Å². The quantitative estimate of drug-likeness (QED) is 0.416. The zero-order valence-electron chi connectivity index (χ0n) is 12.3. The maximum atomic E-state index is 5.95. The van der Waals surface area contributed by atoms with Crippen molar-refractivity contribution in [3.8, 4) is 0 Å². The molecule has 1 heterocycles. The molecule has 0 aliphatic carbocycles. The van der Waals surface area contributed by atoms with Gasteiger partial charge in [0.2, 0.25) is 0 Å². The molecule has 0 spiro atoms. The summed E-state index contributed by atoms with van der Waals surface area (Å²) in [5.41, 5.74) is 0. The SMILES string of the molecule is CCCCCCCCCC[CH2][Sn]1[CH2]CCC[O]1.O. The van der Waals surface area contributed by atoms with Crippen LogP contribution < -0.4 is 0 Å². The van der Waals surface area contributed by atoms with E-state index in [1.807, 2.05) is 0 Å². The molecule has 109 valence electrons. The molecular formula is C15H33O2Sn. The van der Waals surface area contributed by atoms with Crippen molar-refractivity contribution < 1.29 is 8.55 Å². The van der Waals surface area contributed by atoms with Gasteiger partial charge in [-0.1, -0.05) is 0 Å². The standard InChI is InChI=1S/C11H23.C4H8O.H2O.Sn/c1-3-5-7-9-11-10-8-6-4-2;1-2-3-4-5;;/h1,3-11H2,2H3;1-4H2;1H2;/q;-1;;+1. The molecule has 3 heteroatoms. The largest absolute Gasteiger partial charge is 0.412 e. The zero-order valence-corrected chi connectivity index (χ0v) is 15.2. The van der Waals surface area contributed by atoms with Crippen LogP contribution in [0.1, 0.15) is 77.6 Å². The summed E-state index contributed by atoms with van der Waals surface area (Å²) in [5, 5.41) is 0. The summed E-state index contributed by atoms with van der Waals surface area (Å²) in [5.74, 6) is 0. The second-order valence-electron chi connectivity index (χ2n) is 5.42. The minimum Gasteiger partial charge on any atom is -0.412 e. The van der Waals surface area contributed by atoms with Crippen molar-refractivity contribution in [2.45, 2.75) is 86.4 Å². The number of hydrogen-bond acceptors (Lipinski definition) is 1. The van der Waals surface area contributed by atoms with Gasteiger partial charge in [-0.25, -0.2) is 0 Å². The second kappa shape index (κ2) is 14.1. The minimum atomic E-state index is -1.24. The van der Waals surface area contributed by atoms with Crippen LogP contribution >= 0.6 is 0 Å². The maximum Gasteiger partial charge on any atom is -0.412 e. The third kappa shape index (κ3) is 10.6. The number of rotatable bonds is 10. The van der Waals surface area contributed by atoms with Crippen LogP contribution in [0.3, 0.4) is 0 Å². The van der Waals surface area contributed by atoms with E-state index in [0.29, 0.717) is 0 Å². The predicted octanol–water partition coefficient (Wildman–Crippen LogP) is 4.49. The third-order valence-corrected chi connectivity index (χ3v) is 10.7. The van der Waals surface area contributed by atoms with Gasteiger partial charge in [-0.05, 0) is 0 Å². The van der Waals surface area contributed by atoms with Crippen molar-refractivity contribution in [3.05, 3.63) is 0 Å². The average molecular weight is 364 g/mol. The fourth-order valence-electron chi connectivity index (χ4n) is 2.54. The summed E-state index contributed by atoms with van der Waals surface area (Å²) in [7, 11) is 0. The van der Waals surface area contributed by atoms with Gasteiger partial charge in [-0.15, -0.1) is 0 Å². The Morgan fingerprint density at radius 2 is 1.44 bits per heavy atom. The van der Waals surface area contributed by atoms with Crippen LogP contribution in [0, 0.1) is 0 Å². The van der Waals surface area contributed by atoms with E-state index in [4.69, 9.17) is 3.07 Å². The normalized spacial score (nSPS) is 16.5. The van der Waals surface area contributed by atoms with Gasteiger partial charge in [0.05, 0.1) is 0 Å². The van der Waals surface area contributed by atoms with Crippen LogP contribution in [-0.2, 0) is 3.07 Å². The summed E-state index contributed by atoms with van der Waals surface area (Å²) >= 11 is -1.24. The Morgan fingerprint density at radius 1 is 0.833 bits per heavy atom. The molecule has 0 aromatic rings. The Labute approximate surface area is 121 Å². The second-order valence-corrected chi connectivity index (χ2v) is 12.2. The molecule has 1 aliphatic rings. The molecule has 2 nitrogen and oxygen atoms in total. The van der Waals surface area contributed by atoms with E-state index in [1.54, 1.807) is 0 Å². The summed E-state index contributed by atoms with van der Waals surface area (Å²) < 4.78 is 8.97. The molecule has 1 radical (unpaired) electrons. The number of hydrogen-bond donors (Lipinski definition) is 0. The molecule has 0 unspecified atom stereocenters. The van der Waals surface area contributed by atoms with Crippen molar-refractivity contribution in [2.75, 3.05) is 6.61 Å². The van der Waals surface area contributed by atoms with Gasteiger partial charge in [0, 0.05) is 0 Å². The van der Waals surface area contributed by atoms with Gasteiger partial charge in [0.1, 0.15) is 0 Å². The Bertz CT molecular complexity index is 159. The van der Waals surface area contributed by atoms with Crippen LogP contribution in [-0.4, -0.2) is 32.3 Å². The molecule has 0 bridgehead atoms. The Hall–Kier alpha value is 0.719. The van der Waals surface area contributed by atoms with Gasteiger partial charge >= 0.3 is 116 Å². The van der Waals surface area contributed by atoms with Crippen LogP contribution in [0.15, 0.2) is 0 Å². The van der Waals surface area contributed by atoms with Gasteiger partial charge in [0.15, 0.2) is 0 Å². The summed E-state index contributed by atoms with van der Waals surface area (Å²) in [6.45, 7) is 3.39. The maximum absolute atomic E-state index is 5.95. The van der Waals surface area contributed by atoms with Crippen LogP contribution in [0.2, 0.25) is 8.87 Å². The molecule has 18 heavy (non-hydrogen) atoms. The summed E-state index contributed by atoms with van der Waals surface area (Å²) in [6.07, 6.45) is 15.9. The van der Waals surface area contributed by atoms with Gasteiger partial charge in [-0.3, -0.25) is 0 Å². The van der Waals surface area contributed by atoms with Crippen molar-refractivity contribution in [1.29, 1.82) is 0 Å². The molecule has 0 aromatic carbocycles. The minimum absolute atomic E-state index is 0. The smallest absolute Gasteiger partial charge is 0.412 e. The van der Waals surface area contributed by atoms with E-state index in [0.717, 1.165) is 6.61 Å². The van der Waals surface area contributed by atoms with E-state index in [-0.39, 0.29) is 5.48 Å². The molecule has 0 saturated carbocycles. The molecule has 0 atom stereocenters. The van der Waals surface area contributed by atoms with Gasteiger partial charge in [0.25, 0.3) is 0 Å². The van der Waals surface area contributed by atoms with E-state index < -0.39 is 20.2 Å². The van der Waals surface area contributed by atoms with Gasteiger partial charge < -0.3 is 5.48 Å². The average Bonchev–Trinajstić information content (AvgIpc) is 2.38. The first-order valence-corrected chi connectivity index (χ1v) is 13.1. The van der Waals surface area contributed by atoms with E-state index in [1.165, 1.54) is 79.5 Å². The van der Waals surface area contributed by atoms with Gasteiger partial charge in [-0.2, -0.15) is 0 Å². The Morgan fingerprint density at radius 3 is 2.00 bits per heavy atom. The monoisotopic (exact) mass is 365 g/mol. The molecule has 1 saturated heterocycles. The van der Waals surface area contributed by atoms with Crippen LogP contribution in [0.25, 0.3) is 0 Å². The zero-order chi connectivity index (χ0) is 12.2. The van der Waals surface area contributed by atoms with Crippen molar-refractivity contribution in [3.63, 3.8) is 0 Å². The first-order valence-electron chi connectivity index (χ1n) is 7.91. The molecule has 0 amide bonds. The van der Waals surface area contributed by atoms with Crippen molar-refractivity contribution in [2.24, 2.45) is 0 Å². The fourth-order valence-corrected chi connectivity index (χ4v) is 8.99. The molecule has 1 aliphatic heterocycles.